The van der Waals surface area contributed by atoms with E-state index in [9.17, 15) is 0 Å². The third-order valence-corrected chi connectivity index (χ3v) is 3.84. The minimum Gasteiger partial charge on any atom is -0.452 e. The van der Waals surface area contributed by atoms with E-state index in [2.05, 4.69) is 6.07 Å². The van der Waals surface area contributed by atoms with Crippen molar-refractivity contribution in [3.05, 3.63) is 28.0 Å². The van der Waals surface area contributed by atoms with Crippen LogP contribution in [0.2, 0.25) is 5.22 Å². The molecule has 0 spiro atoms. The third-order valence-electron chi connectivity index (χ3n) is 2.37. The van der Waals surface area contributed by atoms with Gasteiger partial charge >= 0.3 is 0 Å². The Kier molecular flexibility index (Phi) is 2.90. The highest BCUT2D eigenvalue weighted by molar-refractivity contribution is 7.16. The summed E-state index contributed by atoms with van der Waals surface area (Å²) in [6.07, 6.45) is 2.29. The number of rotatable bonds is 2. The van der Waals surface area contributed by atoms with Crippen LogP contribution in [0, 0.1) is 11.3 Å². The zero-order valence-corrected chi connectivity index (χ0v) is 10.2. The summed E-state index contributed by atoms with van der Waals surface area (Å²) in [7, 11) is 0. The standard InChI is InChI=1S/C11H9ClN2OS/c1-2-6-9(14)8(5-13)16-10(6)7-3-4-15-11(7)12/h3-4H,2,14H2,1H3. The number of nitrogens with zero attached hydrogens (tertiary/aromatic N) is 1. The lowest BCUT2D eigenvalue weighted by molar-refractivity contribution is 0.570. The first-order valence-electron chi connectivity index (χ1n) is 4.73. The van der Waals surface area contributed by atoms with Crippen molar-refractivity contribution in [1.29, 1.82) is 5.26 Å². The molecule has 2 aromatic rings. The van der Waals surface area contributed by atoms with Crippen LogP contribution >= 0.6 is 22.9 Å². The number of nitrogen functional groups attached to an aromatic ring is 1. The van der Waals surface area contributed by atoms with Crippen LogP contribution in [0.4, 0.5) is 5.69 Å². The normalized spacial score (nSPS) is 10.3. The van der Waals surface area contributed by atoms with Crippen LogP contribution in [0.5, 0.6) is 0 Å². The molecule has 0 atom stereocenters. The Morgan fingerprint density at radius 2 is 2.38 bits per heavy atom. The molecule has 0 aromatic carbocycles. The summed E-state index contributed by atoms with van der Waals surface area (Å²) in [5.41, 5.74) is 8.22. The van der Waals surface area contributed by atoms with Crippen molar-refractivity contribution in [2.45, 2.75) is 13.3 Å². The smallest absolute Gasteiger partial charge is 0.201 e. The fourth-order valence-electron chi connectivity index (χ4n) is 1.59. The maximum absolute atomic E-state index is 8.94. The van der Waals surface area contributed by atoms with Crippen LogP contribution in [0.15, 0.2) is 16.7 Å². The minimum absolute atomic E-state index is 0.334. The maximum Gasteiger partial charge on any atom is 0.201 e. The highest BCUT2D eigenvalue weighted by Crippen LogP contribution is 2.41. The van der Waals surface area contributed by atoms with Crippen molar-refractivity contribution >= 4 is 28.6 Å². The van der Waals surface area contributed by atoms with Crippen LogP contribution in [0.25, 0.3) is 10.4 Å². The second-order valence-electron chi connectivity index (χ2n) is 3.23. The van der Waals surface area contributed by atoms with Gasteiger partial charge in [0.25, 0.3) is 0 Å². The van der Waals surface area contributed by atoms with E-state index >= 15 is 0 Å². The molecule has 82 valence electrons. The molecule has 0 unspecified atom stereocenters. The lowest BCUT2D eigenvalue weighted by atomic mass is 10.1. The molecular weight excluding hydrogens is 244 g/mol. The van der Waals surface area contributed by atoms with Crippen molar-refractivity contribution in [2.24, 2.45) is 0 Å². The van der Waals surface area contributed by atoms with E-state index in [1.807, 2.05) is 6.92 Å². The van der Waals surface area contributed by atoms with Crippen LogP contribution < -0.4 is 5.73 Å². The Bertz CT molecular complexity index is 565. The molecule has 2 rings (SSSR count). The molecular formula is C11H9ClN2OS. The summed E-state index contributed by atoms with van der Waals surface area (Å²) >= 11 is 7.28. The Morgan fingerprint density at radius 3 is 2.88 bits per heavy atom. The first-order chi connectivity index (χ1) is 7.69. The van der Waals surface area contributed by atoms with Crippen molar-refractivity contribution < 1.29 is 4.42 Å². The molecule has 16 heavy (non-hydrogen) atoms. The molecule has 0 saturated carbocycles. The molecule has 3 nitrogen and oxygen atoms in total. The minimum atomic E-state index is 0.334. The molecule has 0 aliphatic heterocycles. The molecule has 5 heteroatoms. The highest BCUT2D eigenvalue weighted by Gasteiger charge is 2.18. The maximum atomic E-state index is 8.94. The Morgan fingerprint density at radius 1 is 1.62 bits per heavy atom. The van der Waals surface area contributed by atoms with Gasteiger partial charge in [0.05, 0.1) is 12.0 Å². The van der Waals surface area contributed by atoms with Gasteiger partial charge in [0, 0.05) is 10.4 Å². The van der Waals surface area contributed by atoms with Gasteiger partial charge in [0.2, 0.25) is 5.22 Å². The van der Waals surface area contributed by atoms with E-state index in [1.54, 1.807) is 6.07 Å². The fraction of sp³-hybridized carbons (Fsp3) is 0.182. The third kappa shape index (κ3) is 1.58. The van der Waals surface area contributed by atoms with Crippen LogP contribution in [0.3, 0.4) is 0 Å². The van der Waals surface area contributed by atoms with Gasteiger partial charge in [-0.25, -0.2) is 0 Å². The summed E-state index contributed by atoms with van der Waals surface area (Å²) in [4.78, 5) is 1.46. The lowest BCUT2D eigenvalue weighted by Crippen LogP contribution is -1.91. The van der Waals surface area contributed by atoms with E-state index in [1.165, 1.54) is 17.6 Å². The van der Waals surface area contributed by atoms with Crippen molar-refractivity contribution in [1.82, 2.24) is 0 Å². The zero-order chi connectivity index (χ0) is 11.7. The first-order valence-corrected chi connectivity index (χ1v) is 5.93. The summed E-state index contributed by atoms with van der Waals surface area (Å²) in [5, 5.41) is 9.28. The van der Waals surface area contributed by atoms with E-state index in [0.717, 1.165) is 22.4 Å². The number of halogens is 1. The van der Waals surface area contributed by atoms with Crippen molar-refractivity contribution in [2.75, 3.05) is 5.73 Å². The molecule has 2 aromatic heterocycles. The van der Waals surface area contributed by atoms with E-state index in [0.29, 0.717) is 15.8 Å². The van der Waals surface area contributed by atoms with Crippen LogP contribution in [-0.2, 0) is 6.42 Å². The average molecular weight is 253 g/mol. The van der Waals surface area contributed by atoms with Crippen molar-refractivity contribution in [3.63, 3.8) is 0 Å². The predicted molar refractivity (Wildman–Crippen MR) is 65.5 cm³/mol. The largest absolute Gasteiger partial charge is 0.452 e. The highest BCUT2D eigenvalue weighted by atomic mass is 35.5. The summed E-state index contributed by atoms with van der Waals surface area (Å²) in [6.45, 7) is 2.00. The second kappa shape index (κ2) is 4.20. The SMILES string of the molecule is CCc1c(-c2ccoc2Cl)sc(C#N)c1N. The topological polar surface area (TPSA) is 63.0 Å². The number of furan rings is 1. The first kappa shape index (κ1) is 11.1. The van der Waals surface area contributed by atoms with E-state index in [-0.39, 0.29) is 0 Å². The molecule has 0 aliphatic carbocycles. The monoisotopic (exact) mass is 252 g/mol. The zero-order valence-electron chi connectivity index (χ0n) is 8.58. The Hall–Kier alpha value is -1.44. The number of anilines is 1. The number of nitrogens with two attached hydrogens (primary N) is 1. The lowest BCUT2D eigenvalue weighted by Gasteiger charge is -1.99. The van der Waals surface area contributed by atoms with Gasteiger partial charge in [-0.15, -0.1) is 11.3 Å². The average Bonchev–Trinajstić information content (AvgIpc) is 2.82. The van der Waals surface area contributed by atoms with E-state index < -0.39 is 0 Å². The van der Waals surface area contributed by atoms with Gasteiger partial charge in [-0.2, -0.15) is 5.26 Å². The Labute approximate surface area is 102 Å². The molecule has 0 fully saturated rings. The number of hydrogen-bond donors (Lipinski definition) is 1. The second-order valence-corrected chi connectivity index (χ2v) is 4.59. The molecule has 0 radical (unpaired) electrons. The molecule has 0 bridgehead atoms. The van der Waals surface area contributed by atoms with Gasteiger partial charge in [-0.1, -0.05) is 6.92 Å². The van der Waals surface area contributed by atoms with Gasteiger partial charge in [0.15, 0.2) is 0 Å². The number of hydrogen-bond acceptors (Lipinski definition) is 4. The Balaban J connectivity index is 2.67. The van der Waals surface area contributed by atoms with Gasteiger partial charge in [-0.05, 0) is 29.7 Å². The summed E-state index contributed by atoms with van der Waals surface area (Å²) in [6, 6.07) is 3.88. The van der Waals surface area contributed by atoms with Gasteiger partial charge in [0.1, 0.15) is 10.9 Å². The molecule has 2 heterocycles. The van der Waals surface area contributed by atoms with E-state index in [4.69, 9.17) is 27.0 Å². The predicted octanol–water partition coefficient (Wildman–Crippen LogP) is 3.68. The number of nitriles is 1. The molecule has 0 amide bonds. The molecule has 0 saturated heterocycles. The summed E-state index contributed by atoms with van der Waals surface area (Å²) < 4.78 is 5.05. The number of thiophene rings is 1. The van der Waals surface area contributed by atoms with Gasteiger partial charge in [-0.3, -0.25) is 0 Å². The van der Waals surface area contributed by atoms with Crippen LogP contribution in [-0.4, -0.2) is 0 Å². The fourth-order valence-corrected chi connectivity index (χ4v) is 2.98. The quantitative estimate of drug-likeness (QED) is 0.887. The summed E-state index contributed by atoms with van der Waals surface area (Å²) in [5.74, 6) is 0. The molecule has 2 N–H and O–H groups in total. The van der Waals surface area contributed by atoms with Crippen LogP contribution in [0.1, 0.15) is 17.4 Å². The van der Waals surface area contributed by atoms with Gasteiger partial charge < -0.3 is 10.2 Å². The molecule has 0 aliphatic rings. The van der Waals surface area contributed by atoms with Crippen molar-refractivity contribution in [3.8, 4) is 16.5 Å².